The van der Waals surface area contributed by atoms with Crippen molar-refractivity contribution in [3.05, 3.63) is 250 Å². The number of H-pyrrole nitrogens is 2. The van der Waals surface area contributed by atoms with Crippen LogP contribution in [0.3, 0.4) is 0 Å². The molecule has 6 N–H and O–H groups in total. The lowest BCUT2D eigenvalue weighted by Crippen LogP contribution is -2.37. The molecule has 0 bridgehead atoms. The number of pyridine rings is 2. The highest BCUT2D eigenvalue weighted by Gasteiger charge is 2.32. The number of aromatic amines is 2. The lowest BCUT2D eigenvalue weighted by molar-refractivity contribution is -0.909. The summed E-state index contributed by atoms with van der Waals surface area (Å²) < 4.78 is 69.3. The van der Waals surface area contributed by atoms with Crippen LogP contribution in [0.4, 0.5) is 38.5 Å². The Morgan fingerprint density at radius 3 is 1.24 bits per heavy atom. The van der Waals surface area contributed by atoms with Gasteiger partial charge in [0.25, 0.3) is 0 Å². The van der Waals surface area contributed by atoms with E-state index >= 15 is 0 Å². The molecule has 0 aliphatic rings. The van der Waals surface area contributed by atoms with Gasteiger partial charge in [0, 0.05) is 33.0 Å². The number of carbonyl (C=O) groups excluding carboxylic acids is 2. The van der Waals surface area contributed by atoms with E-state index in [0.717, 1.165) is 67.4 Å². The van der Waals surface area contributed by atoms with E-state index in [2.05, 4.69) is 40.0 Å². The number of amides is 2. The van der Waals surface area contributed by atoms with Crippen molar-refractivity contribution in [1.29, 1.82) is 0 Å². The Morgan fingerprint density at radius 2 is 0.887 bits per heavy atom. The van der Waals surface area contributed by atoms with Crippen molar-refractivity contribution in [2.24, 2.45) is 0 Å². The smallest absolute Gasteiger partial charge is 0.411 e. The van der Waals surface area contributed by atoms with Gasteiger partial charge in [-0.05, 0) is 95.8 Å². The van der Waals surface area contributed by atoms with Gasteiger partial charge in [-0.25, -0.2) is 37.1 Å². The van der Waals surface area contributed by atoms with Crippen molar-refractivity contribution in [3.8, 4) is 44.8 Å². The number of halogens is 6. The van der Waals surface area contributed by atoms with Crippen LogP contribution in [-0.4, -0.2) is 56.8 Å². The van der Waals surface area contributed by atoms with Crippen molar-refractivity contribution in [2.75, 3.05) is 24.9 Å². The highest BCUT2D eigenvalue weighted by molar-refractivity contribution is 6.31. The van der Waals surface area contributed by atoms with Gasteiger partial charge >= 0.3 is 12.2 Å². The predicted octanol–water partition coefficient (Wildman–Crippen LogP) is 13.5. The van der Waals surface area contributed by atoms with Crippen molar-refractivity contribution in [2.45, 2.75) is 24.7 Å². The first-order valence-corrected chi connectivity index (χ1v) is 25.3. The summed E-state index contributed by atoms with van der Waals surface area (Å²) in [6.45, 7) is 0. The van der Waals surface area contributed by atoms with E-state index in [1.165, 1.54) is 38.7 Å². The molecule has 14 nitrogen and oxygen atoms in total. The van der Waals surface area contributed by atoms with Crippen molar-refractivity contribution < 1.29 is 56.5 Å². The van der Waals surface area contributed by atoms with Crippen LogP contribution in [0.25, 0.3) is 44.8 Å². The Bertz CT molecular complexity index is 3570. The molecular formula is C60H48Cl2F4N8O6+2. The van der Waals surface area contributed by atoms with Gasteiger partial charge in [0.15, 0.2) is 11.6 Å². The van der Waals surface area contributed by atoms with Crippen LogP contribution < -0.4 is 20.1 Å². The van der Waals surface area contributed by atoms with Gasteiger partial charge in [0.2, 0.25) is 23.8 Å². The molecule has 2 amide bonds. The minimum atomic E-state index is -0.904. The molecule has 0 saturated heterocycles. The molecular weight excluding hydrogens is 1080 g/mol. The Morgan fingerprint density at radius 1 is 0.525 bits per heavy atom. The van der Waals surface area contributed by atoms with Crippen LogP contribution in [0.5, 0.6) is 0 Å². The summed E-state index contributed by atoms with van der Waals surface area (Å²) in [4.78, 5) is 38.8. The molecule has 404 valence electrons. The third-order valence-electron chi connectivity index (χ3n) is 13.0. The number of aromatic nitrogens is 6. The summed E-state index contributed by atoms with van der Waals surface area (Å²) in [5, 5.41) is 26.8. The highest BCUT2D eigenvalue weighted by Crippen LogP contribution is 2.35. The molecule has 2 atom stereocenters. The molecule has 10 rings (SSSR count). The zero-order chi connectivity index (χ0) is 56.5. The molecule has 0 radical (unpaired) electrons. The maximum absolute atomic E-state index is 14.7. The van der Waals surface area contributed by atoms with Crippen LogP contribution in [-0.2, 0) is 22.3 Å². The summed E-state index contributed by atoms with van der Waals surface area (Å²) in [7, 11) is 2.58. The number of rotatable bonds is 14. The number of hydrogen-bond acceptors (Lipinski definition) is 8. The maximum Gasteiger partial charge on any atom is 0.411 e. The fraction of sp³-hybridized carbons (Fsp3) is 0.100. The maximum atomic E-state index is 14.7. The third-order valence-corrected chi connectivity index (χ3v) is 13.6. The Kier molecular flexibility index (Phi) is 17.2. The molecule has 80 heavy (non-hydrogen) atoms. The van der Waals surface area contributed by atoms with E-state index < -0.39 is 47.3 Å². The second-order valence-electron chi connectivity index (χ2n) is 18.0. The number of benzene rings is 6. The lowest BCUT2D eigenvalue weighted by atomic mass is 9.94. The first-order chi connectivity index (χ1) is 38.7. The number of ether oxygens (including phenoxy) is 2. The number of anilines is 2. The molecule has 10 aromatic rings. The van der Waals surface area contributed by atoms with E-state index in [0.29, 0.717) is 47.3 Å². The molecule has 4 aromatic heterocycles. The number of nitrogens with one attached hydrogen (secondary N) is 4. The number of carbonyl (C=O) groups is 2. The quantitative estimate of drug-likeness (QED) is 0.0269. The van der Waals surface area contributed by atoms with E-state index in [9.17, 15) is 37.6 Å². The zero-order valence-electron chi connectivity index (χ0n) is 42.5. The zero-order valence-corrected chi connectivity index (χ0v) is 44.0. The molecule has 0 fully saturated rings. The number of nitrogens with zero attached hydrogens (tertiary/aromatic N) is 4. The van der Waals surface area contributed by atoms with Gasteiger partial charge in [0.05, 0.1) is 70.3 Å². The molecule has 0 aliphatic carbocycles. The molecule has 4 heterocycles. The highest BCUT2D eigenvalue weighted by atomic mass is 35.5. The first kappa shape index (κ1) is 55.2. The minimum absolute atomic E-state index is 0.128. The van der Waals surface area contributed by atoms with E-state index in [4.69, 9.17) is 23.2 Å². The van der Waals surface area contributed by atoms with Gasteiger partial charge in [-0.3, -0.25) is 21.0 Å². The summed E-state index contributed by atoms with van der Waals surface area (Å²) in [5.74, 6) is -3.12. The van der Waals surface area contributed by atoms with Crippen molar-refractivity contribution in [3.63, 3.8) is 0 Å². The van der Waals surface area contributed by atoms with Crippen molar-refractivity contribution >= 4 is 46.8 Å². The van der Waals surface area contributed by atoms with Gasteiger partial charge in [0.1, 0.15) is 35.1 Å². The summed E-state index contributed by atoms with van der Waals surface area (Å²) in [5.41, 5.74) is 6.76. The first-order valence-electron chi connectivity index (χ1n) is 24.5. The Labute approximate surface area is 465 Å². The van der Waals surface area contributed by atoms with Crippen LogP contribution >= 0.6 is 23.2 Å². The topological polar surface area (TPSA) is 182 Å². The van der Waals surface area contributed by atoms with Crippen molar-refractivity contribution in [1.82, 2.24) is 19.9 Å². The Balaban J connectivity index is 0.000000194. The third kappa shape index (κ3) is 12.7. The average molecular weight is 1120 g/mol. The van der Waals surface area contributed by atoms with E-state index in [1.807, 2.05) is 84.9 Å². The monoisotopic (exact) mass is 1120 g/mol. The number of hydrogen-bond donors (Lipinski definition) is 6. The van der Waals surface area contributed by atoms with Crippen LogP contribution in [0.15, 0.2) is 183 Å². The summed E-state index contributed by atoms with van der Waals surface area (Å²) in [6, 6.07) is 44.4. The van der Waals surface area contributed by atoms with Gasteiger partial charge in [-0.15, -0.1) is 0 Å². The molecule has 0 aliphatic heterocycles. The van der Waals surface area contributed by atoms with E-state index in [1.54, 1.807) is 48.8 Å². The van der Waals surface area contributed by atoms with Gasteiger partial charge in [-0.1, -0.05) is 108 Å². The van der Waals surface area contributed by atoms with E-state index in [-0.39, 0.29) is 32.3 Å². The second-order valence-corrected chi connectivity index (χ2v) is 18.9. The lowest BCUT2D eigenvalue weighted by Gasteiger charge is -2.13. The van der Waals surface area contributed by atoms with Crippen LogP contribution in [0.1, 0.15) is 46.0 Å². The molecule has 20 heteroatoms. The molecule has 0 saturated carbocycles. The predicted molar refractivity (Wildman–Crippen MR) is 292 cm³/mol. The SMILES string of the molecule is COC(=O)Nc1ccc(-c2cnc(C(Cc3ccccc3)c3ccc(-c4c(F)ccc(Cl)c4F)c[n+]3O)[nH]2)cc1.COC(=O)Nc1ccc(-c2cnc(C(Cc3ccccc3)c3ccc(-c4c(F)ccc(Cl)c4F)c[n+]3O)[nH]2)cc1. The largest absolute Gasteiger partial charge is 0.453 e. The van der Waals surface area contributed by atoms with Crippen LogP contribution in [0, 0.1) is 23.3 Å². The van der Waals surface area contributed by atoms with Crippen LogP contribution in [0.2, 0.25) is 10.0 Å². The second kappa shape index (κ2) is 24.9. The normalized spacial score (nSPS) is 11.7. The summed E-state index contributed by atoms with van der Waals surface area (Å²) >= 11 is 11.7. The number of imidazole rings is 2. The number of methoxy groups -OCH3 is 2. The molecule has 2 unspecified atom stereocenters. The molecule has 6 aromatic carbocycles. The molecule has 0 spiro atoms. The minimum Gasteiger partial charge on any atom is -0.453 e. The average Bonchev–Trinajstić information content (AvgIpc) is 4.20. The standard InChI is InChI=1S/2C30H23ClF2N4O3/c2*1-40-30(38)35-21-10-7-19(8-11-21)25-16-34-29(36-25)22(15-18-5-3-2-4-6-18)26-14-9-20(17-37(26)39)27-24(32)13-12-23(31)28(27)33/h2*2-14,16-17,22H,15H2,1H3,(H2-,34,35,36,38,39)/p+2. The summed E-state index contributed by atoms with van der Waals surface area (Å²) in [6.07, 6.45) is 5.70. The Hall–Kier alpha value is -9.52. The van der Waals surface area contributed by atoms with Gasteiger partial charge in [-0.2, -0.15) is 0 Å². The fourth-order valence-corrected chi connectivity index (χ4v) is 9.25. The fourth-order valence-electron chi connectivity index (χ4n) is 8.94. The van der Waals surface area contributed by atoms with Gasteiger partial charge < -0.3 is 19.4 Å².